The Morgan fingerprint density at radius 1 is 1.14 bits per heavy atom. The summed E-state index contributed by atoms with van der Waals surface area (Å²) in [6.45, 7) is 2.35. The monoisotopic (exact) mass is 312 g/mol. The van der Waals surface area contributed by atoms with E-state index in [9.17, 15) is 13.6 Å². The predicted molar refractivity (Wildman–Crippen MR) is 75.4 cm³/mol. The van der Waals surface area contributed by atoms with Crippen LogP contribution in [0.25, 0.3) is 0 Å². The summed E-state index contributed by atoms with van der Waals surface area (Å²) in [6.07, 6.45) is 2.11. The van der Waals surface area contributed by atoms with Crippen LogP contribution >= 0.6 is 0 Å². The molecule has 0 atom stereocenters. The van der Waals surface area contributed by atoms with E-state index in [2.05, 4.69) is 5.32 Å². The molecule has 2 saturated heterocycles. The van der Waals surface area contributed by atoms with Crippen LogP contribution in [0.1, 0.15) is 19.3 Å². The highest BCUT2D eigenvalue weighted by molar-refractivity contribution is 5.89. The molecule has 2 aliphatic rings. The molecule has 5 nitrogen and oxygen atoms in total. The van der Waals surface area contributed by atoms with Gasteiger partial charge in [0.25, 0.3) is 0 Å². The highest BCUT2D eigenvalue weighted by Crippen LogP contribution is 2.30. The van der Waals surface area contributed by atoms with Gasteiger partial charge >= 0.3 is 6.03 Å². The molecular weight excluding hydrogens is 294 g/mol. The molecular formula is C15H18F2N2O3. The van der Waals surface area contributed by atoms with Crippen LogP contribution in [0.4, 0.5) is 19.3 Å². The minimum absolute atomic E-state index is 0.231. The van der Waals surface area contributed by atoms with Gasteiger partial charge < -0.3 is 19.7 Å². The first kappa shape index (κ1) is 15.2. The third kappa shape index (κ3) is 3.20. The Morgan fingerprint density at radius 3 is 2.45 bits per heavy atom. The van der Waals surface area contributed by atoms with Gasteiger partial charge in [0.1, 0.15) is 0 Å². The number of carbonyl (C=O) groups excluding carboxylic acids is 1. The van der Waals surface area contributed by atoms with Crippen LogP contribution in [-0.4, -0.2) is 43.0 Å². The van der Waals surface area contributed by atoms with E-state index in [4.69, 9.17) is 9.47 Å². The van der Waals surface area contributed by atoms with Gasteiger partial charge in [-0.25, -0.2) is 13.6 Å². The smallest absolute Gasteiger partial charge is 0.321 e. The number of anilines is 1. The van der Waals surface area contributed by atoms with E-state index in [1.54, 1.807) is 4.90 Å². The number of nitrogens with one attached hydrogen (secondary N) is 1. The molecule has 0 aliphatic carbocycles. The van der Waals surface area contributed by atoms with Gasteiger partial charge in [0.15, 0.2) is 17.4 Å². The van der Waals surface area contributed by atoms with Crippen molar-refractivity contribution in [3.8, 4) is 0 Å². The molecule has 7 heteroatoms. The van der Waals surface area contributed by atoms with Gasteiger partial charge in [-0.05, 0) is 18.6 Å². The number of carbonyl (C=O) groups is 1. The molecule has 0 bridgehead atoms. The zero-order valence-electron chi connectivity index (χ0n) is 12.1. The van der Waals surface area contributed by atoms with Crippen LogP contribution in [0.3, 0.4) is 0 Å². The molecule has 0 saturated carbocycles. The normalized spacial score (nSPS) is 20.9. The predicted octanol–water partition coefficient (Wildman–Crippen LogP) is 2.73. The van der Waals surface area contributed by atoms with Gasteiger partial charge in [0.2, 0.25) is 0 Å². The van der Waals surface area contributed by atoms with Crippen LogP contribution in [-0.2, 0) is 9.47 Å². The third-order valence-electron chi connectivity index (χ3n) is 4.00. The first-order valence-corrected chi connectivity index (χ1v) is 7.37. The summed E-state index contributed by atoms with van der Waals surface area (Å²) in [4.78, 5) is 13.8. The number of rotatable bonds is 1. The van der Waals surface area contributed by atoms with Crippen LogP contribution in [0.15, 0.2) is 18.2 Å². The number of urea groups is 1. The number of piperidine rings is 1. The van der Waals surface area contributed by atoms with E-state index >= 15 is 0 Å². The second kappa shape index (κ2) is 6.18. The molecule has 1 aromatic rings. The first-order chi connectivity index (χ1) is 10.6. The number of hydrogen-bond acceptors (Lipinski definition) is 3. The van der Waals surface area contributed by atoms with Gasteiger partial charge in [-0.1, -0.05) is 0 Å². The van der Waals surface area contributed by atoms with E-state index in [-0.39, 0.29) is 11.7 Å². The summed E-state index contributed by atoms with van der Waals surface area (Å²) >= 11 is 0. The molecule has 0 aromatic heterocycles. The van der Waals surface area contributed by atoms with Crippen molar-refractivity contribution in [2.45, 2.75) is 25.0 Å². The van der Waals surface area contributed by atoms with E-state index in [0.29, 0.717) is 39.1 Å². The molecule has 0 unspecified atom stereocenters. The van der Waals surface area contributed by atoms with Crippen LogP contribution in [0.5, 0.6) is 0 Å². The van der Waals surface area contributed by atoms with E-state index in [1.165, 1.54) is 6.07 Å². The number of likely N-dealkylation sites (tertiary alicyclic amines) is 1. The number of hydrogen-bond donors (Lipinski definition) is 1. The van der Waals surface area contributed by atoms with Crippen LogP contribution < -0.4 is 5.32 Å². The van der Waals surface area contributed by atoms with E-state index < -0.39 is 17.4 Å². The summed E-state index contributed by atoms with van der Waals surface area (Å²) in [5.74, 6) is -2.49. The van der Waals surface area contributed by atoms with Crippen molar-refractivity contribution >= 4 is 11.7 Å². The molecule has 1 aromatic carbocycles. The average Bonchev–Trinajstić information content (AvgIpc) is 2.52. The summed E-state index contributed by atoms with van der Waals surface area (Å²) in [6, 6.07) is 2.94. The Kier molecular flexibility index (Phi) is 4.26. The van der Waals surface area contributed by atoms with Gasteiger partial charge in [-0.15, -0.1) is 0 Å². The minimum Gasteiger partial charge on any atom is -0.350 e. The van der Waals surface area contributed by atoms with Gasteiger partial charge in [-0.3, -0.25) is 0 Å². The SMILES string of the molecule is O=C(Nc1ccc(F)c(F)c1)N1CCC2(CC1)OCCCO2. The number of amides is 2. The summed E-state index contributed by atoms with van der Waals surface area (Å²) in [7, 11) is 0. The first-order valence-electron chi connectivity index (χ1n) is 7.37. The lowest BCUT2D eigenvalue weighted by Gasteiger charge is -2.43. The Bertz CT molecular complexity index is 552. The average molecular weight is 312 g/mol. The number of benzene rings is 1. The van der Waals surface area contributed by atoms with Crippen molar-refractivity contribution in [2.75, 3.05) is 31.6 Å². The van der Waals surface area contributed by atoms with Crippen molar-refractivity contribution in [1.82, 2.24) is 4.90 Å². The van der Waals surface area contributed by atoms with Crippen molar-refractivity contribution in [1.29, 1.82) is 0 Å². The Balaban J connectivity index is 1.56. The molecule has 1 N–H and O–H groups in total. The molecule has 2 heterocycles. The quantitative estimate of drug-likeness (QED) is 0.867. The van der Waals surface area contributed by atoms with E-state index in [0.717, 1.165) is 18.6 Å². The largest absolute Gasteiger partial charge is 0.350 e. The molecule has 0 radical (unpaired) electrons. The van der Waals surface area contributed by atoms with Crippen molar-refractivity contribution in [2.24, 2.45) is 0 Å². The fraction of sp³-hybridized carbons (Fsp3) is 0.533. The molecule has 22 heavy (non-hydrogen) atoms. The maximum Gasteiger partial charge on any atom is 0.321 e. The summed E-state index contributed by atoms with van der Waals surface area (Å²) in [5, 5.41) is 2.57. The molecule has 2 amide bonds. The molecule has 1 spiro atoms. The number of halogens is 2. The Morgan fingerprint density at radius 2 is 1.82 bits per heavy atom. The highest BCUT2D eigenvalue weighted by atomic mass is 19.2. The zero-order valence-corrected chi connectivity index (χ0v) is 12.1. The van der Waals surface area contributed by atoms with Gasteiger partial charge in [0.05, 0.1) is 13.2 Å². The highest BCUT2D eigenvalue weighted by Gasteiger charge is 2.39. The lowest BCUT2D eigenvalue weighted by Crippen LogP contribution is -2.52. The second-order valence-electron chi connectivity index (χ2n) is 5.51. The minimum atomic E-state index is -0.987. The Hall–Kier alpha value is -1.73. The molecule has 2 aliphatic heterocycles. The lowest BCUT2D eigenvalue weighted by molar-refractivity contribution is -0.281. The summed E-state index contributed by atoms with van der Waals surface area (Å²) < 4.78 is 37.4. The third-order valence-corrected chi connectivity index (χ3v) is 4.00. The topological polar surface area (TPSA) is 50.8 Å². The van der Waals surface area contributed by atoms with Crippen molar-refractivity contribution < 1.29 is 23.0 Å². The fourth-order valence-corrected chi connectivity index (χ4v) is 2.73. The van der Waals surface area contributed by atoms with Crippen LogP contribution in [0.2, 0.25) is 0 Å². The number of nitrogens with zero attached hydrogens (tertiary/aromatic N) is 1. The fourth-order valence-electron chi connectivity index (χ4n) is 2.73. The second-order valence-corrected chi connectivity index (χ2v) is 5.51. The van der Waals surface area contributed by atoms with Crippen molar-refractivity contribution in [3.05, 3.63) is 29.8 Å². The zero-order chi connectivity index (χ0) is 15.6. The lowest BCUT2D eigenvalue weighted by atomic mass is 10.0. The van der Waals surface area contributed by atoms with Crippen molar-refractivity contribution in [3.63, 3.8) is 0 Å². The maximum atomic E-state index is 13.1. The van der Waals surface area contributed by atoms with Gasteiger partial charge in [0, 0.05) is 37.7 Å². The van der Waals surface area contributed by atoms with Gasteiger partial charge in [-0.2, -0.15) is 0 Å². The Labute approximate surface area is 127 Å². The standard InChI is InChI=1S/C15H18F2N2O3/c16-12-3-2-11(10-13(12)17)18-14(20)19-6-4-15(5-7-19)21-8-1-9-22-15/h2-3,10H,1,4-9H2,(H,18,20). The molecule has 120 valence electrons. The summed E-state index contributed by atoms with van der Waals surface area (Å²) in [5.41, 5.74) is 0.231. The van der Waals surface area contributed by atoms with Crippen LogP contribution in [0, 0.1) is 11.6 Å². The molecule has 2 fully saturated rings. The molecule has 3 rings (SSSR count). The maximum absolute atomic E-state index is 13.1. The number of ether oxygens (including phenoxy) is 2. The van der Waals surface area contributed by atoms with E-state index in [1.807, 2.05) is 0 Å².